The highest BCUT2D eigenvalue weighted by atomic mass is 32.2. The van der Waals surface area contributed by atoms with Crippen LogP contribution in [0.2, 0.25) is 0 Å². The van der Waals surface area contributed by atoms with Crippen molar-refractivity contribution >= 4 is 21.7 Å². The first-order chi connectivity index (χ1) is 13.4. The van der Waals surface area contributed by atoms with E-state index in [9.17, 15) is 23.2 Å². The second kappa shape index (κ2) is 8.22. The van der Waals surface area contributed by atoms with Crippen molar-refractivity contribution < 1.29 is 27.5 Å². The fourth-order valence-electron chi connectivity index (χ4n) is 2.79. The molecular formula is C19H18N2O6S. The van der Waals surface area contributed by atoms with Gasteiger partial charge in [0.05, 0.1) is 11.8 Å². The SMILES string of the molecule is O=C(OCC(=O)N(Cc1ccccc1)[C@H]1C=CS(=O)(=O)C1)c1cccc[n+]1[O-]. The van der Waals surface area contributed by atoms with Crippen LogP contribution in [0.5, 0.6) is 0 Å². The van der Waals surface area contributed by atoms with Gasteiger partial charge in [-0.3, -0.25) is 4.79 Å². The Bertz CT molecular complexity index is 1000. The molecular weight excluding hydrogens is 384 g/mol. The summed E-state index contributed by atoms with van der Waals surface area (Å²) in [5, 5.41) is 12.7. The molecule has 1 aliphatic heterocycles. The van der Waals surface area contributed by atoms with Gasteiger partial charge < -0.3 is 14.8 Å². The minimum absolute atomic E-state index is 0.161. The lowest BCUT2D eigenvalue weighted by Crippen LogP contribution is -2.43. The molecule has 1 amide bonds. The molecule has 28 heavy (non-hydrogen) atoms. The van der Waals surface area contributed by atoms with Crippen molar-refractivity contribution in [3.8, 4) is 0 Å². The number of carbonyl (C=O) groups excluding carboxylic acids is 2. The van der Waals surface area contributed by atoms with Crippen LogP contribution in [-0.2, 0) is 25.9 Å². The maximum absolute atomic E-state index is 12.7. The zero-order valence-electron chi connectivity index (χ0n) is 14.8. The summed E-state index contributed by atoms with van der Waals surface area (Å²) >= 11 is 0. The van der Waals surface area contributed by atoms with E-state index in [0.29, 0.717) is 4.73 Å². The van der Waals surface area contributed by atoms with Crippen molar-refractivity contribution in [2.24, 2.45) is 0 Å². The van der Waals surface area contributed by atoms with Crippen LogP contribution in [0.25, 0.3) is 0 Å². The third-order valence-electron chi connectivity index (χ3n) is 4.19. The van der Waals surface area contributed by atoms with Crippen LogP contribution in [0.1, 0.15) is 16.1 Å². The molecule has 1 aliphatic rings. The Balaban J connectivity index is 1.72. The molecule has 0 fully saturated rings. The minimum Gasteiger partial charge on any atom is -0.618 e. The Morgan fingerprint density at radius 1 is 1.14 bits per heavy atom. The van der Waals surface area contributed by atoms with E-state index in [1.165, 1.54) is 29.2 Å². The van der Waals surface area contributed by atoms with Gasteiger partial charge in [-0.15, -0.1) is 0 Å². The number of esters is 1. The fourth-order valence-corrected chi connectivity index (χ4v) is 4.09. The summed E-state index contributed by atoms with van der Waals surface area (Å²) in [4.78, 5) is 26.1. The van der Waals surface area contributed by atoms with Crippen LogP contribution in [0.15, 0.2) is 66.2 Å². The molecule has 0 saturated carbocycles. The maximum atomic E-state index is 12.7. The highest BCUT2D eigenvalue weighted by molar-refractivity contribution is 7.94. The van der Waals surface area contributed by atoms with Gasteiger partial charge in [-0.05, 0) is 17.7 Å². The maximum Gasteiger partial charge on any atom is 0.405 e. The van der Waals surface area contributed by atoms with Gasteiger partial charge in [-0.1, -0.05) is 30.3 Å². The standard InChI is InChI=1S/C19H18N2O6S/c22-18(13-27-19(23)17-8-4-5-10-21(17)24)20(12-15-6-2-1-3-7-15)16-9-11-28(25,26)14-16/h1-11,16H,12-14H2/t16-/m0/s1. The van der Waals surface area contributed by atoms with E-state index in [4.69, 9.17) is 4.74 Å². The number of hydrogen-bond donors (Lipinski definition) is 0. The molecule has 0 aliphatic carbocycles. The molecule has 1 atom stereocenters. The Kier molecular flexibility index (Phi) is 5.74. The number of ether oxygens (including phenoxy) is 1. The summed E-state index contributed by atoms with van der Waals surface area (Å²) in [6, 6.07) is 12.7. The summed E-state index contributed by atoms with van der Waals surface area (Å²) in [5.74, 6) is -1.71. The average Bonchev–Trinajstić information content (AvgIpc) is 3.04. The molecule has 0 N–H and O–H groups in total. The molecule has 3 rings (SSSR count). The number of aromatic nitrogens is 1. The quantitative estimate of drug-likeness (QED) is 0.402. The van der Waals surface area contributed by atoms with Gasteiger partial charge in [-0.25, -0.2) is 13.2 Å². The molecule has 0 bridgehead atoms. The van der Waals surface area contributed by atoms with Crippen LogP contribution in [0, 0.1) is 5.21 Å². The summed E-state index contributed by atoms with van der Waals surface area (Å²) < 4.78 is 28.8. The average molecular weight is 402 g/mol. The zero-order valence-corrected chi connectivity index (χ0v) is 15.6. The first-order valence-corrected chi connectivity index (χ1v) is 10.2. The molecule has 146 valence electrons. The summed E-state index contributed by atoms with van der Waals surface area (Å²) in [5.41, 5.74) is 0.564. The monoisotopic (exact) mass is 402 g/mol. The molecule has 1 aromatic carbocycles. The van der Waals surface area contributed by atoms with Gasteiger partial charge in [0.1, 0.15) is 0 Å². The molecule has 0 saturated heterocycles. The lowest BCUT2D eigenvalue weighted by Gasteiger charge is -2.27. The van der Waals surface area contributed by atoms with Crippen molar-refractivity contribution in [2.45, 2.75) is 12.6 Å². The number of sulfone groups is 1. The van der Waals surface area contributed by atoms with Gasteiger partial charge in [-0.2, -0.15) is 4.73 Å². The van der Waals surface area contributed by atoms with Gasteiger partial charge in [0.15, 0.2) is 22.6 Å². The van der Waals surface area contributed by atoms with Gasteiger partial charge >= 0.3 is 11.7 Å². The number of carbonyl (C=O) groups is 2. The molecule has 0 radical (unpaired) electrons. The Hall–Kier alpha value is -3.20. The van der Waals surface area contributed by atoms with E-state index >= 15 is 0 Å². The zero-order chi connectivity index (χ0) is 20.1. The van der Waals surface area contributed by atoms with Crippen molar-refractivity contribution in [1.82, 2.24) is 4.90 Å². The second-order valence-corrected chi connectivity index (χ2v) is 8.15. The lowest BCUT2D eigenvalue weighted by atomic mass is 10.2. The number of pyridine rings is 1. The number of amides is 1. The first kappa shape index (κ1) is 19.6. The van der Waals surface area contributed by atoms with Gasteiger partial charge in [0, 0.05) is 24.1 Å². The second-order valence-electron chi connectivity index (χ2n) is 6.22. The Morgan fingerprint density at radius 2 is 1.86 bits per heavy atom. The topological polar surface area (TPSA) is 108 Å². The van der Waals surface area contributed by atoms with Crippen LogP contribution in [0.4, 0.5) is 0 Å². The number of nitrogens with zero attached hydrogens (tertiary/aromatic N) is 2. The molecule has 1 aromatic heterocycles. The predicted octanol–water partition coefficient (Wildman–Crippen LogP) is 0.816. The number of benzene rings is 1. The minimum atomic E-state index is -3.37. The summed E-state index contributed by atoms with van der Waals surface area (Å²) in [6.45, 7) is -0.445. The molecule has 8 nitrogen and oxygen atoms in total. The largest absolute Gasteiger partial charge is 0.618 e. The molecule has 2 aromatic rings. The molecule has 0 spiro atoms. The van der Waals surface area contributed by atoms with E-state index < -0.39 is 34.4 Å². The van der Waals surface area contributed by atoms with Gasteiger partial charge in [0.25, 0.3) is 5.91 Å². The van der Waals surface area contributed by atoms with Crippen LogP contribution in [0.3, 0.4) is 0 Å². The third kappa shape index (κ3) is 4.74. The number of hydrogen-bond acceptors (Lipinski definition) is 6. The van der Waals surface area contributed by atoms with E-state index in [1.54, 1.807) is 0 Å². The highest BCUT2D eigenvalue weighted by Crippen LogP contribution is 2.18. The number of rotatable bonds is 6. The van der Waals surface area contributed by atoms with E-state index in [0.717, 1.165) is 17.2 Å². The van der Waals surface area contributed by atoms with Crippen molar-refractivity contribution in [3.63, 3.8) is 0 Å². The fraction of sp³-hybridized carbons (Fsp3) is 0.211. The van der Waals surface area contributed by atoms with E-state index in [1.807, 2.05) is 30.3 Å². The van der Waals surface area contributed by atoms with Crippen molar-refractivity contribution in [3.05, 3.63) is 82.7 Å². The first-order valence-electron chi connectivity index (χ1n) is 8.45. The predicted molar refractivity (Wildman–Crippen MR) is 99.4 cm³/mol. The Morgan fingerprint density at radius 3 is 2.50 bits per heavy atom. The van der Waals surface area contributed by atoms with Gasteiger partial charge in [0.2, 0.25) is 0 Å². The smallest absolute Gasteiger partial charge is 0.405 e. The third-order valence-corrected chi connectivity index (χ3v) is 5.57. The van der Waals surface area contributed by atoms with E-state index in [-0.39, 0.29) is 18.0 Å². The van der Waals surface area contributed by atoms with Crippen LogP contribution >= 0.6 is 0 Å². The van der Waals surface area contributed by atoms with Crippen LogP contribution in [-0.4, -0.2) is 43.6 Å². The molecule has 9 heteroatoms. The van der Waals surface area contributed by atoms with Crippen LogP contribution < -0.4 is 4.73 Å². The van der Waals surface area contributed by atoms with Crippen molar-refractivity contribution in [2.75, 3.05) is 12.4 Å². The summed E-state index contributed by atoms with van der Waals surface area (Å²) in [7, 11) is -3.37. The molecule has 2 heterocycles. The highest BCUT2D eigenvalue weighted by Gasteiger charge is 2.31. The van der Waals surface area contributed by atoms with E-state index in [2.05, 4.69) is 0 Å². The Labute approximate surface area is 162 Å². The normalized spacial score (nSPS) is 17.2. The summed E-state index contributed by atoms with van der Waals surface area (Å²) in [6.07, 6.45) is 2.59. The lowest BCUT2D eigenvalue weighted by molar-refractivity contribution is -0.608. The molecule has 0 unspecified atom stereocenters. The van der Waals surface area contributed by atoms with Crippen molar-refractivity contribution in [1.29, 1.82) is 0 Å².